The minimum atomic E-state index is -0.138. The van der Waals surface area contributed by atoms with E-state index in [-0.39, 0.29) is 11.9 Å². The first-order chi connectivity index (χ1) is 13.8. The first kappa shape index (κ1) is 19.2. The van der Waals surface area contributed by atoms with Crippen molar-refractivity contribution in [2.75, 3.05) is 32.8 Å². The van der Waals surface area contributed by atoms with E-state index >= 15 is 0 Å². The van der Waals surface area contributed by atoms with Crippen molar-refractivity contribution in [3.8, 4) is 0 Å². The largest absolute Gasteiger partial charge is 0.377 e. The minimum Gasteiger partial charge on any atom is -0.377 e. The van der Waals surface area contributed by atoms with Crippen LogP contribution in [0.2, 0.25) is 0 Å². The molecule has 2 aliphatic heterocycles. The fourth-order valence-electron chi connectivity index (χ4n) is 3.99. The van der Waals surface area contributed by atoms with Crippen LogP contribution in [-0.2, 0) is 4.74 Å². The molecule has 2 aromatic heterocycles. The molecule has 0 aliphatic carbocycles. The molecule has 4 rings (SSSR count). The van der Waals surface area contributed by atoms with Gasteiger partial charge in [0.1, 0.15) is 10.7 Å². The molecule has 0 radical (unpaired) electrons. The fraction of sp³-hybridized carbons (Fsp3) is 0.476. The van der Waals surface area contributed by atoms with E-state index in [0.717, 1.165) is 57.1 Å². The highest BCUT2D eigenvalue weighted by atomic mass is 32.1. The van der Waals surface area contributed by atoms with Gasteiger partial charge < -0.3 is 10.1 Å². The molecule has 4 heterocycles. The summed E-state index contributed by atoms with van der Waals surface area (Å²) in [5.41, 5.74) is 1.82. The summed E-state index contributed by atoms with van der Waals surface area (Å²) >= 11 is 1.60. The number of likely N-dealkylation sites (tertiary alicyclic amines) is 1. The topological polar surface area (TPSA) is 67.4 Å². The predicted molar refractivity (Wildman–Crippen MR) is 109 cm³/mol. The van der Waals surface area contributed by atoms with Crippen LogP contribution in [0.25, 0.3) is 0 Å². The Balaban J connectivity index is 1.46. The predicted octanol–water partition coefficient (Wildman–Crippen LogP) is 3.07. The zero-order valence-corrected chi connectivity index (χ0v) is 16.7. The van der Waals surface area contributed by atoms with Gasteiger partial charge in [-0.2, -0.15) is 0 Å². The van der Waals surface area contributed by atoms with E-state index in [0.29, 0.717) is 11.6 Å². The molecule has 0 spiro atoms. The molecular weight excluding hydrogens is 372 g/mol. The van der Waals surface area contributed by atoms with Crippen LogP contribution in [0.4, 0.5) is 0 Å². The highest BCUT2D eigenvalue weighted by molar-refractivity contribution is 7.09. The van der Waals surface area contributed by atoms with Crippen molar-refractivity contribution in [2.24, 2.45) is 5.92 Å². The lowest BCUT2D eigenvalue weighted by atomic mass is 9.90. The van der Waals surface area contributed by atoms with Gasteiger partial charge >= 0.3 is 0 Å². The molecule has 0 saturated carbocycles. The Hall–Kier alpha value is -2.09. The molecule has 2 atom stereocenters. The van der Waals surface area contributed by atoms with E-state index in [9.17, 15) is 4.79 Å². The van der Waals surface area contributed by atoms with Crippen LogP contribution in [0.5, 0.6) is 0 Å². The van der Waals surface area contributed by atoms with Crippen molar-refractivity contribution < 1.29 is 9.53 Å². The molecule has 1 N–H and O–H groups in total. The van der Waals surface area contributed by atoms with Gasteiger partial charge in [0.25, 0.3) is 5.91 Å². The van der Waals surface area contributed by atoms with Gasteiger partial charge in [-0.25, -0.2) is 4.98 Å². The van der Waals surface area contributed by atoms with Crippen LogP contribution in [0.15, 0.2) is 47.6 Å². The number of ether oxygens (including phenoxy) is 1. The first-order valence-electron chi connectivity index (χ1n) is 9.89. The van der Waals surface area contributed by atoms with Crippen molar-refractivity contribution in [1.29, 1.82) is 0 Å². The van der Waals surface area contributed by atoms with Gasteiger partial charge in [0.2, 0.25) is 0 Å². The van der Waals surface area contributed by atoms with Gasteiger partial charge in [-0.3, -0.25) is 14.7 Å². The molecular formula is C21H26N4O2S. The number of hydrogen-bond donors (Lipinski definition) is 1. The summed E-state index contributed by atoms with van der Waals surface area (Å²) in [6.07, 6.45) is 8.99. The van der Waals surface area contributed by atoms with E-state index in [1.165, 1.54) is 5.57 Å². The van der Waals surface area contributed by atoms with E-state index in [4.69, 9.17) is 4.74 Å². The Morgan fingerprint density at radius 3 is 3.07 bits per heavy atom. The van der Waals surface area contributed by atoms with Crippen LogP contribution in [0.1, 0.15) is 40.8 Å². The third kappa shape index (κ3) is 4.84. The molecule has 2 aliphatic rings. The fourth-order valence-corrected chi connectivity index (χ4v) is 4.78. The molecule has 1 fully saturated rings. The summed E-state index contributed by atoms with van der Waals surface area (Å²) in [5, 5.41) is 6.15. The minimum absolute atomic E-state index is 0.0890. The van der Waals surface area contributed by atoms with Crippen molar-refractivity contribution in [1.82, 2.24) is 20.2 Å². The number of nitrogens with zero attached hydrogens (tertiary/aromatic N) is 3. The summed E-state index contributed by atoms with van der Waals surface area (Å²) in [5.74, 6) is 0.194. The maximum absolute atomic E-state index is 12.8. The molecule has 0 aromatic carbocycles. The second-order valence-electron chi connectivity index (χ2n) is 7.38. The van der Waals surface area contributed by atoms with E-state index in [1.54, 1.807) is 23.6 Å². The van der Waals surface area contributed by atoms with Gasteiger partial charge in [-0.05, 0) is 49.4 Å². The summed E-state index contributed by atoms with van der Waals surface area (Å²) in [7, 11) is 0. The summed E-state index contributed by atoms with van der Waals surface area (Å²) in [4.78, 5) is 23.9. The summed E-state index contributed by atoms with van der Waals surface area (Å²) in [6.45, 7) is 4.57. The number of carbonyl (C=O) groups is 1. The maximum atomic E-state index is 12.8. The Labute approximate surface area is 169 Å². The lowest BCUT2D eigenvalue weighted by Gasteiger charge is -2.37. The number of carbonyl (C=O) groups excluding carboxylic acids is 1. The second kappa shape index (κ2) is 9.41. The van der Waals surface area contributed by atoms with Crippen molar-refractivity contribution in [3.63, 3.8) is 0 Å². The Kier molecular flexibility index (Phi) is 6.46. The van der Waals surface area contributed by atoms with Crippen LogP contribution in [-0.4, -0.2) is 53.6 Å². The van der Waals surface area contributed by atoms with E-state index in [1.807, 2.05) is 23.7 Å². The van der Waals surface area contributed by atoms with Crippen molar-refractivity contribution in [3.05, 3.63) is 58.3 Å². The maximum Gasteiger partial charge on any atom is 0.270 e. The zero-order valence-electron chi connectivity index (χ0n) is 15.9. The highest BCUT2D eigenvalue weighted by Gasteiger charge is 2.31. The quantitative estimate of drug-likeness (QED) is 0.758. The van der Waals surface area contributed by atoms with Gasteiger partial charge in [-0.1, -0.05) is 12.1 Å². The monoisotopic (exact) mass is 398 g/mol. The Bertz CT molecular complexity index is 794. The molecule has 0 bridgehead atoms. The van der Waals surface area contributed by atoms with Crippen LogP contribution in [0, 0.1) is 5.92 Å². The van der Waals surface area contributed by atoms with Gasteiger partial charge in [0.05, 0.1) is 19.3 Å². The van der Waals surface area contributed by atoms with Gasteiger partial charge in [0.15, 0.2) is 0 Å². The van der Waals surface area contributed by atoms with Crippen LogP contribution >= 0.6 is 11.3 Å². The zero-order chi connectivity index (χ0) is 19.2. The number of aromatic nitrogens is 2. The lowest BCUT2D eigenvalue weighted by molar-refractivity contribution is 0.0876. The van der Waals surface area contributed by atoms with Crippen LogP contribution < -0.4 is 5.32 Å². The summed E-state index contributed by atoms with van der Waals surface area (Å²) in [6, 6.07) is 5.31. The molecule has 7 heteroatoms. The molecule has 6 nitrogen and oxygen atoms in total. The van der Waals surface area contributed by atoms with E-state index < -0.39 is 0 Å². The molecule has 28 heavy (non-hydrogen) atoms. The third-order valence-corrected chi connectivity index (χ3v) is 6.18. The van der Waals surface area contributed by atoms with Gasteiger partial charge in [0, 0.05) is 30.9 Å². The molecule has 1 saturated heterocycles. The third-order valence-electron chi connectivity index (χ3n) is 5.32. The molecule has 0 unspecified atom stereocenters. The molecule has 1 amide bonds. The Morgan fingerprint density at radius 2 is 2.32 bits per heavy atom. The number of pyridine rings is 1. The van der Waals surface area contributed by atoms with Crippen LogP contribution in [0.3, 0.4) is 0 Å². The number of hydrogen-bond acceptors (Lipinski definition) is 6. The average molecular weight is 399 g/mol. The SMILES string of the molecule is O=C(N[C@H](c1nccs1)[C@@H]1CCCN(CC2=CCCOC2)C1)c1ccccn1. The van der Waals surface area contributed by atoms with Crippen molar-refractivity contribution in [2.45, 2.75) is 25.3 Å². The Morgan fingerprint density at radius 1 is 1.36 bits per heavy atom. The normalized spacial score (nSPS) is 21.7. The number of thiazole rings is 1. The van der Waals surface area contributed by atoms with Gasteiger partial charge in [-0.15, -0.1) is 11.3 Å². The molecule has 148 valence electrons. The number of nitrogens with one attached hydrogen (secondary N) is 1. The average Bonchev–Trinajstić information content (AvgIpc) is 3.28. The highest BCUT2D eigenvalue weighted by Crippen LogP contribution is 2.31. The number of amides is 1. The summed E-state index contributed by atoms with van der Waals surface area (Å²) < 4.78 is 5.59. The standard InChI is InChI=1S/C21H26N4O2S/c26-20(18-7-1-2-8-22-18)24-19(21-23-9-12-28-21)17-6-3-10-25(14-17)13-16-5-4-11-27-15-16/h1-2,5,7-9,12,17,19H,3-4,6,10-11,13-15H2,(H,24,26)/t17-,19+/m1/s1. The second-order valence-corrected chi connectivity index (χ2v) is 8.30. The smallest absolute Gasteiger partial charge is 0.270 e. The number of rotatable bonds is 6. The first-order valence-corrected chi connectivity index (χ1v) is 10.8. The number of piperidine rings is 1. The van der Waals surface area contributed by atoms with Crippen molar-refractivity contribution >= 4 is 17.2 Å². The van der Waals surface area contributed by atoms with E-state index in [2.05, 4.69) is 26.3 Å². The lowest BCUT2D eigenvalue weighted by Crippen LogP contribution is -2.44. The molecule has 2 aromatic rings.